The number of rotatable bonds is 5. The van der Waals surface area contributed by atoms with Crippen LogP contribution in [0.5, 0.6) is 0 Å². The molecule has 0 bridgehead atoms. The van der Waals surface area contributed by atoms with Gasteiger partial charge in [-0.2, -0.15) is 0 Å². The highest BCUT2D eigenvalue weighted by atomic mass is 32.2. The second-order valence-electron chi connectivity index (χ2n) is 5.73. The molecule has 0 N–H and O–H groups in total. The molecule has 0 aliphatic heterocycles. The van der Waals surface area contributed by atoms with E-state index < -0.39 is 10.8 Å². The van der Waals surface area contributed by atoms with Gasteiger partial charge in [-0.15, -0.1) is 0 Å². The summed E-state index contributed by atoms with van der Waals surface area (Å²) in [5, 5.41) is 0. The lowest BCUT2D eigenvalue weighted by atomic mass is 10.1. The predicted molar refractivity (Wildman–Crippen MR) is 93.4 cm³/mol. The average molecular weight is 325 g/mol. The van der Waals surface area contributed by atoms with Crippen LogP contribution in [0.2, 0.25) is 0 Å². The normalized spacial score (nSPS) is 12.3. The summed E-state index contributed by atoms with van der Waals surface area (Å²) in [4.78, 5) is 4.44. The maximum atomic E-state index is 12.4. The predicted octanol–water partition coefficient (Wildman–Crippen LogP) is 4.41. The van der Waals surface area contributed by atoms with Crippen LogP contribution >= 0.6 is 0 Å². The van der Waals surface area contributed by atoms with Crippen molar-refractivity contribution in [3.8, 4) is 11.5 Å². The number of benzene rings is 2. The lowest BCUT2D eigenvalue weighted by Gasteiger charge is -2.04. The molecule has 4 heteroatoms. The highest BCUT2D eigenvalue weighted by Gasteiger charge is 2.10. The van der Waals surface area contributed by atoms with Gasteiger partial charge in [0.1, 0.15) is 6.26 Å². The van der Waals surface area contributed by atoms with Crippen molar-refractivity contribution in [3.63, 3.8) is 0 Å². The Morgan fingerprint density at radius 2 is 1.70 bits per heavy atom. The minimum atomic E-state index is -1.00. The minimum Gasteiger partial charge on any atom is -0.444 e. The zero-order chi connectivity index (χ0) is 16.2. The standard InChI is InChI=1S/C19H19NO2S/c1-14-8-15(2)10-16(9-14)12-23(21)13-18-11-22-19(20-18)17-6-4-3-5-7-17/h3-11H,12-13H2,1-2H3/t23-/m1/s1. The highest BCUT2D eigenvalue weighted by molar-refractivity contribution is 7.83. The van der Waals surface area contributed by atoms with E-state index >= 15 is 0 Å². The van der Waals surface area contributed by atoms with Crippen molar-refractivity contribution in [2.45, 2.75) is 25.4 Å². The van der Waals surface area contributed by atoms with Crippen molar-refractivity contribution in [3.05, 3.63) is 77.2 Å². The van der Waals surface area contributed by atoms with Crippen molar-refractivity contribution in [1.29, 1.82) is 0 Å². The zero-order valence-corrected chi connectivity index (χ0v) is 14.1. The van der Waals surface area contributed by atoms with Crippen molar-refractivity contribution < 1.29 is 8.63 Å². The molecular weight excluding hydrogens is 306 g/mol. The summed E-state index contributed by atoms with van der Waals surface area (Å²) in [6, 6.07) is 16.0. The maximum absolute atomic E-state index is 12.4. The molecular formula is C19H19NO2S. The Morgan fingerprint density at radius 3 is 2.39 bits per heavy atom. The van der Waals surface area contributed by atoms with Crippen molar-refractivity contribution in [2.75, 3.05) is 0 Å². The first-order chi connectivity index (χ1) is 11.1. The molecule has 0 aliphatic rings. The summed E-state index contributed by atoms with van der Waals surface area (Å²) in [5.41, 5.74) is 5.16. The van der Waals surface area contributed by atoms with Gasteiger partial charge in [-0.1, -0.05) is 47.5 Å². The number of nitrogens with zero attached hydrogens (tertiary/aromatic N) is 1. The quantitative estimate of drug-likeness (QED) is 0.698. The van der Waals surface area contributed by atoms with Crippen molar-refractivity contribution >= 4 is 10.8 Å². The summed E-state index contributed by atoms with van der Waals surface area (Å²) in [6.45, 7) is 4.12. The van der Waals surface area contributed by atoms with Crippen LogP contribution in [0.25, 0.3) is 11.5 Å². The Bertz CT molecular complexity index is 804. The fraction of sp³-hybridized carbons (Fsp3) is 0.211. The highest BCUT2D eigenvalue weighted by Crippen LogP contribution is 2.19. The molecule has 1 atom stereocenters. The first-order valence-corrected chi connectivity index (χ1v) is 9.01. The van der Waals surface area contributed by atoms with Crippen molar-refractivity contribution in [2.24, 2.45) is 0 Å². The molecule has 1 aromatic heterocycles. The molecule has 0 unspecified atom stereocenters. The number of hydrogen-bond acceptors (Lipinski definition) is 3. The number of aryl methyl sites for hydroxylation is 2. The van der Waals surface area contributed by atoms with Crippen LogP contribution in [-0.2, 0) is 22.3 Å². The van der Waals surface area contributed by atoms with E-state index in [1.807, 2.05) is 30.3 Å². The van der Waals surface area contributed by atoms with E-state index in [4.69, 9.17) is 4.42 Å². The van der Waals surface area contributed by atoms with Crippen molar-refractivity contribution in [1.82, 2.24) is 4.98 Å². The molecule has 3 nitrogen and oxygen atoms in total. The molecule has 0 fully saturated rings. The molecule has 1 heterocycles. The third-order valence-corrected chi connectivity index (χ3v) is 4.76. The summed E-state index contributed by atoms with van der Waals surface area (Å²) in [5.74, 6) is 1.52. The molecule has 0 amide bonds. The van der Waals surface area contributed by atoms with Gasteiger partial charge in [0, 0.05) is 22.1 Å². The maximum Gasteiger partial charge on any atom is 0.226 e. The SMILES string of the molecule is Cc1cc(C)cc(C[S@@](=O)Cc2coc(-c3ccccc3)n2)c1. The Kier molecular flexibility index (Phi) is 4.72. The number of hydrogen-bond donors (Lipinski definition) is 0. The van der Waals surface area contributed by atoms with E-state index in [0.717, 1.165) is 16.8 Å². The Hall–Kier alpha value is -2.20. The van der Waals surface area contributed by atoms with Gasteiger partial charge in [-0.25, -0.2) is 4.98 Å². The summed E-state index contributed by atoms with van der Waals surface area (Å²) >= 11 is 0. The molecule has 0 aliphatic carbocycles. The molecule has 0 spiro atoms. The molecule has 0 radical (unpaired) electrons. The fourth-order valence-corrected chi connectivity index (χ4v) is 3.74. The van der Waals surface area contributed by atoms with Crippen LogP contribution in [-0.4, -0.2) is 9.19 Å². The third-order valence-electron chi connectivity index (χ3n) is 3.49. The van der Waals surface area contributed by atoms with E-state index in [2.05, 4.69) is 37.0 Å². The van der Waals surface area contributed by atoms with Gasteiger partial charge in [0.25, 0.3) is 0 Å². The first kappa shape index (κ1) is 15.7. The molecule has 0 saturated heterocycles. The Morgan fingerprint density at radius 1 is 1.00 bits per heavy atom. The van der Waals surface area contributed by atoms with Crippen LogP contribution in [0.15, 0.2) is 59.2 Å². The van der Waals surface area contributed by atoms with Crippen LogP contribution in [0, 0.1) is 13.8 Å². The summed E-state index contributed by atoms with van der Waals surface area (Å²) < 4.78 is 17.9. The van der Waals surface area contributed by atoms with E-state index in [0.29, 0.717) is 17.4 Å². The largest absolute Gasteiger partial charge is 0.444 e. The van der Waals surface area contributed by atoms with Crippen LogP contribution in [0.4, 0.5) is 0 Å². The lowest BCUT2D eigenvalue weighted by molar-refractivity contribution is 0.573. The number of oxazole rings is 1. The van der Waals surface area contributed by atoms with E-state index in [1.54, 1.807) is 6.26 Å². The minimum absolute atomic E-state index is 0.406. The molecule has 0 saturated carbocycles. The van der Waals surface area contributed by atoms with Gasteiger partial charge in [0.05, 0.1) is 11.4 Å². The van der Waals surface area contributed by atoms with Crippen LogP contribution in [0.1, 0.15) is 22.4 Å². The van der Waals surface area contributed by atoms with Gasteiger partial charge in [0.2, 0.25) is 5.89 Å². The second-order valence-corrected chi connectivity index (χ2v) is 7.19. The monoisotopic (exact) mass is 325 g/mol. The summed E-state index contributed by atoms with van der Waals surface area (Å²) in [6.07, 6.45) is 1.60. The van der Waals surface area contributed by atoms with Gasteiger partial charge in [0.15, 0.2) is 0 Å². The molecule has 3 aromatic rings. The van der Waals surface area contributed by atoms with Gasteiger partial charge in [-0.05, 0) is 31.5 Å². The van der Waals surface area contributed by atoms with E-state index in [9.17, 15) is 4.21 Å². The average Bonchev–Trinajstić information content (AvgIpc) is 2.95. The molecule has 118 valence electrons. The third kappa shape index (κ3) is 4.17. The van der Waals surface area contributed by atoms with Gasteiger partial charge in [-0.3, -0.25) is 4.21 Å². The van der Waals surface area contributed by atoms with E-state index in [-0.39, 0.29) is 0 Å². The summed E-state index contributed by atoms with van der Waals surface area (Å²) in [7, 11) is -1.00. The Balaban J connectivity index is 1.68. The zero-order valence-electron chi connectivity index (χ0n) is 13.3. The number of aromatic nitrogens is 1. The molecule has 2 aromatic carbocycles. The topological polar surface area (TPSA) is 43.1 Å². The Labute approximate surface area is 138 Å². The van der Waals surface area contributed by atoms with Gasteiger partial charge >= 0.3 is 0 Å². The van der Waals surface area contributed by atoms with Crippen LogP contribution < -0.4 is 0 Å². The van der Waals surface area contributed by atoms with E-state index in [1.165, 1.54) is 11.1 Å². The smallest absolute Gasteiger partial charge is 0.226 e. The van der Waals surface area contributed by atoms with Gasteiger partial charge < -0.3 is 4.42 Å². The first-order valence-electron chi connectivity index (χ1n) is 7.52. The molecule has 3 rings (SSSR count). The second kappa shape index (κ2) is 6.92. The lowest BCUT2D eigenvalue weighted by Crippen LogP contribution is -2.00. The molecule has 23 heavy (non-hydrogen) atoms. The van der Waals surface area contributed by atoms with Crippen LogP contribution in [0.3, 0.4) is 0 Å². The fourth-order valence-electron chi connectivity index (χ4n) is 2.64.